The zero-order chi connectivity index (χ0) is 16.4. The fraction of sp³-hybridized carbons (Fsp3) is 0.750. The number of hydrogen-bond acceptors (Lipinski definition) is 3. The van der Waals surface area contributed by atoms with E-state index in [0.717, 1.165) is 36.7 Å². The number of furan rings is 1. The van der Waals surface area contributed by atoms with Gasteiger partial charge in [0, 0.05) is 42.9 Å². The van der Waals surface area contributed by atoms with Crippen LogP contribution in [0.15, 0.2) is 16.5 Å². The Labute approximate surface area is 156 Å². The molecule has 2 bridgehead atoms. The van der Waals surface area contributed by atoms with Gasteiger partial charge in [0.2, 0.25) is 5.91 Å². The Balaban J connectivity index is 0.00000157. The molecule has 3 heterocycles. The van der Waals surface area contributed by atoms with Crippen molar-refractivity contribution >= 4 is 18.3 Å². The first kappa shape index (κ1) is 17.4. The number of nitrogens with zero attached hydrogens (tertiary/aromatic N) is 1. The predicted octanol–water partition coefficient (Wildman–Crippen LogP) is 3.67. The van der Waals surface area contributed by atoms with Crippen LogP contribution in [-0.4, -0.2) is 36.0 Å². The van der Waals surface area contributed by atoms with Crippen molar-refractivity contribution in [2.45, 2.75) is 75.4 Å². The first-order valence-electron chi connectivity index (χ1n) is 9.72. The maximum atomic E-state index is 12.9. The van der Waals surface area contributed by atoms with Gasteiger partial charge in [0.1, 0.15) is 11.5 Å². The van der Waals surface area contributed by atoms with E-state index in [2.05, 4.69) is 29.3 Å². The standard InChI is InChI=1S/C20H28N2O2.ClH/c1-11-7-15(11)18-5-6-19(24-18)16-10-17(16)20(23)22(2)14-8-12-3-4-13(9-14)21-12;/h5-6,11-17,21H,3-4,7-10H2,1-2H3;1H. The van der Waals surface area contributed by atoms with Crippen LogP contribution in [0.25, 0.3) is 0 Å². The molecular weight excluding hydrogens is 336 g/mol. The molecule has 1 aromatic rings. The van der Waals surface area contributed by atoms with Gasteiger partial charge in [0.25, 0.3) is 0 Å². The van der Waals surface area contributed by atoms with E-state index < -0.39 is 0 Å². The maximum absolute atomic E-state index is 12.9. The van der Waals surface area contributed by atoms with Crippen LogP contribution in [0.1, 0.15) is 68.8 Å². The van der Waals surface area contributed by atoms with Crippen LogP contribution in [0.2, 0.25) is 0 Å². The van der Waals surface area contributed by atoms with Gasteiger partial charge >= 0.3 is 0 Å². The minimum Gasteiger partial charge on any atom is -0.465 e. The molecule has 0 aromatic carbocycles. The molecule has 25 heavy (non-hydrogen) atoms. The number of fused-ring (bicyclic) bond motifs is 2. The van der Waals surface area contributed by atoms with E-state index in [1.807, 2.05) is 7.05 Å². The van der Waals surface area contributed by atoms with Crippen molar-refractivity contribution in [3.8, 4) is 0 Å². The molecule has 4 nitrogen and oxygen atoms in total. The normalized spacial score (nSPS) is 41.1. The molecule has 4 aliphatic rings. The fourth-order valence-electron chi connectivity index (χ4n) is 5.05. The Hall–Kier alpha value is -1.00. The lowest BCUT2D eigenvalue weighted by Crippen LogP contribution is -2.49. The summed E-state index contributed by atoms with van der Waals surface area (Å²) in [5.74, 6) is 4.38. The second-order valence-electron chi connectivity index (χ2n) is 8.72. The van der Waals surface area contributed by atoms with Crippen LogP contribution >= 0.6 is 12.4 Å². The lowest BCUT2D eigenvalue weighted by Gasteiger charge is -2.35. The Morgan fingerprint density at radius 1 is 1.08 bits per heavy atom. The highest BCUT2D eigenvalue weighted by atomic mass is 35.5. The summed E-state index contributed by atoms with van der Waals surface area (Å²) in [5, 5.41) is 3.66. The third-order valence-corrected chi connectivity index (χ3v) is 6.94. The van der Waals surface area contributed by atoms with Gasteiger partial charge in [-0.25, -0.2) is 0 Å². The average Bonchev–Trinajstić information content (AvgIpc) is 3.45. The van der Waals surface area contributed by atoms with Crippen molar-refractivity contribution in [3.05, 3.63) is 23.7 Å². The smallest absolute Gasteiger partial charge is 0.226 e. The molecule has 5 rings (SSSR count). The van der Waals surface area contributed by atoms with Crippen LogP contribution in [0, 0.1) is 11.8 Å². The summed E-state index contributed by atoms with van der Waals surface area (Å²) in [6.07, 6.45) is 7.03. The number of piperidine rings is 1. The Morgan fingerprint density at radius 2 is 1.68 bits per heavy atom. The van der Waals surface area contributed by atoms with Gasteiger partial charge in [0.05, 0.1) is 0 Å². The zero-order valence-corrected chi connectivity index (χ0v) is 15.9. The zero-order valence-electron chi connectivity index (χ0n) is 15.1. The lowest BCUT2D eigenvalue weighted by atomic mass is 9.98. The molecule has 2 saturated carbocycles. The SMILES string of the molecule is CC1CC1c1ccc(C2CC2C(=O)N(C)C2CC3CCC(C2)N3)o1.Cl. The summed E-state index contributed by atoms with van der Waals surface area (Å²) >= 11 is 0. The summed E-state index contributed by atoms with van der Waals surface area (Å²) in [6.45, 7) is 2.28. The Bertz CT molecular complexity index is 648. The average molecular weight is 365 g/mol. The van der Waals surface area contributed by atoms with Crippen molar-refractivity contribution in [2.75, 3.05) is 7.05 Å². The number of amides is 1. The molecule has 6 atom stereocenters. The maximum Gasteiger partial charge on any atom is 0.226 e. The van der Waals surface area contributed by atoms with E-state index in [0.29, 0.717) is 35.9 Å². The van der Waals surface area contributed by atoms with Crippen molar-refractivity contribution < 1.29 is 9.21 Å². The van der Waals surface area contributed by atoms with Gasteiger partial charge in [-0.3, -0.25) is 4.79 Å². The van der Waals surface area contributed by atoms with Gasteiger partial charge in [-0.15, -0.1) is 12.4 Å². The minimum absolute atomic E-state index is 0. The number of carbonyl (C=O) groups is 1. The predicted molar refractivity (Wildman–Crippen MR) is 99.1 cm³/mol. The second-order valence-corrected chi connectivity index (χ2v) is 8.72. The van der Waals surface area contributed by atoms with E-state index in [1.165, 1.54) is 19.3 Å². The number of halogens is 1. The van der Waals surface area contributed by atoms with Crippen LogP contribution < -0.4 is 5.32 Å². The molecule has 2 aliphatic heterocycles. The summed E-state index contributed by atoms with van der Waals surface area (Å²) in [6, 6.07) is 5.94. The van der Waals surface area contributed by atoms with Crippen LogP contribution in [0.4, 0.5) is 0 Å². The third kappa shape index (κ3) is 3.12. The summed E-state index contributed by atoms with van der Waals surface area (Å²) in [7, 11) is 2.02. The number of carbonyl (C=O) groups excluding carboxylic acids is 1. The van der Waals surface area contributed by atoms with Crippen molar-refractivity contribution in [1.29, 1.82) is 0 Å². The molecule has 2 saturated heterocycles. The van der Waals surface area contributed by atoms with E-state index >= 15 is 0 Å². The van der Waals surface area contributed by atoms with E-state index in [9.17, 15) is 4.79 Å². The van der Waals surface area contributed by atoms with Crippen molar-refractivity contribution in [3.63, 3.8) is 0 Å². The van der Waals surface area contributed by atoms with E-state index in [-0.39, 0.29) is 18.3 Å². The number of nitrogens with one attached hydrogen (secondary N) is 1. The second kappa shape index (κ2) is 6.31. The first-order valence-corrected chi connectivity index (χ1v) is 9.72. The van der Waals surface area contributed by atoms with E-state index in [1.54, 1.807) is 0 Å². The highest BCUT2D eigenvalue weighted by Gasteiger charge is 2.49. The van der Waals surface area contributed by atoms with Gasteiger partial charge in [-0.05, 0) is 56.6 Å². The molecule has 1 amide bonds. The van der Waals surface area contributed by atoms with Crippen LogP contribution in [-0.2, 0) is 4.79 Å². The molecule has 0 radical (unpaired) electrons. The minimum atomic E-state index is 0. The quantitative estimate of drug-likeness (QED) is 0.886. The third-order valence-electron chi connectivity index (χ3n) is 6.94. The van der Waals surface area contributed by atoms with Gasteiger partial charge in [-0.1, -0.05) is 6.92 Å². The first-order chi connectivity index (χ1) is 11.6. The number of hydrogen-bond donors (Lipinski definition) is 1. The van der Waals surface area contributed by atoms with Gasteiger partial charge < -0.3 is 14.6 Å². The molecule has 138 valence electrons. The highest BCUT2D eigenvalue weighted by molar-refractivity contribution is 5.85. The van der Waals surface area contributed by atoms with Crippen molar-refractivity contribution in [2.24, 2.45) is 11.8 Å². The Kier molecular flexibility index (Phi) is 4.40. The highest BCUT2D eigenvalue weighted by Crippen LogP contribution is 2.52. The summed E-state index contributed by atoms with van der Waals surface area (Å²) in [4.78, 5) is 15.0. The van der Waals surface area contributed by atoms with Crippen molar-refractivity contribution in [1.82, 2.24) is 10.2 Å². The van der Waals surface area contributed by atoms with Crippen LogP contribution in [0.3, 0.4) is 0 Å². The van der Waals surface area contributed by atoms with Gasteiger partial charge in [-0.2, -0.15) is 0 Å². The lowest BCUT2D eigenvalue weighted by molar-refractivity contribution is -0.134. The Morgan fingerprint density at radius 3 is 2.28 bits per heavy atom. The molecule has 0 spiro atoms. The van der Waals surface area contributed by atoms with E-state index in [4.69, 9.17) is 4.42 Å². The molecule has 1 aromatic heterocycles. The molecule has 2 aliphatic carbocycles. The van der Waals surface area contributed by atoms with Gasteiger partial charge in [0.15, 0.2) is 0 Å². The largest absolute Gasteiger partial charge is 0.465 e. The topological polar surface area (TPSA) is 45.5 Å². The van der Waals surface area contributed by atoms with Crippen LogP contribution in [0.5, 0.6) is 0 Å². The monoisotopic (exact) mass is 364 g/mol. The summed E-state index contributed by atoms with van der Waals surface area (Å²) in [5.41, 5.74) is 0. The molecular formula is C20H29ClN2O2. The number of rotatable bonds is 4. The molecule has 1 N–H and O–H groups in total. The fourth-order valence-corrected chi connectivity index (χ4v) is 5.05. The molecule has 5 heteroatoms. The molecule has 6 unspecified atom stereocenters. The molecule has 4 fully saturated rings. The summed E-state index contributed by atoms with van der Waals surface area (Å²) < 4.78 is 6.07.